The summed E-state index contributed by atoms with van der Waals surface area (Å²) in [7, 11) is -3.75. The number of carboxylic acids is 1. The van der Waals surface area contributed by atoms with E-state index in [1.54, 1.807) is 54.9 Å². The van der Waals surface area contributed by atoms with Gasteiger partial charge in [0.25, 0.3) is 0 Å². The van der Waals surface area contributed by atoms with Gasteiger partial charge in [-0.2, -0.15) is 0 Å². The minimum Gasteiger partial charge on any atom is -0.545 e. The van der Waals surface area contributed by atoms with Gasteiger partial charge in [-0.05, 0) is 46.9 Å². The molecule has 0 aliphatic rings. The molecule has 0 radical (unpaired) electrons. The molecule has 0 saturated carbocycles. The molecule has 38 heavy (non-hydrogen) atoms. The summed E-state index contributed by atoms with van der Waals surface area (Å²) in [6.45, 7) is 1.44. The van der Waals surface area contributed by atoms with Gasteiger partial charge in [0.1, 0.15) is 0 Å². The van der Waals surface area contributed by atoms with Gasteiger partial charge < -0.3 is 9.90 Å². The first kappa shape index (κ1) is 29.7. The fraction of sp³-hybridized carbons (Fsp3) is 0.172. The number of aromatic carboxylic acids is 1. The van der Waals surface area contributed by atoms with E-state index >= 15 is 0 Å². The normalized spacial score (nSPS) is 12.0. The molecule has 0 bridgehead atoms. The van der Waals surface area contributed by atoms with Gasteiger partial charge in [0.15, 0.2) is 0 Å². The molecule has 9 heteroatoms. The molecule has 0 amide bonds. The van der Waals surface area contributed by atoms with E-state index in [0.29, 0.717) is 26.1 Å². The molecular formula is C29H28N3NaO4S. The molecule has 1 atom stereocenters. The minimum absolute atomic E-state index is 0. The van der Waals surface area contributed by atoms with E-state index in [0.717, 1.165) is 16.7 Å². The zero-order valence-corrected chi connectivity index (χ0v) is 24.1. The molecule has 0 aliphatic carbocycles. The van der Waals surface area contributed by atoms with Gasteiger partial charge in [0.05, 0.1) is 10.9 Å². The minimum atomic E-state index is -3.75. The number of carbonyl (C=O) groups excluding carboxylic acids is 1. The zero-order valence-electron chi connectivity index (χ0n) is 21.2. The second kappa shape index (κ2) is 14.3. The quantitative estimate of drug-likeness (QED) is 0.256. The summed E-state index contributed by atoms with van der Waals surface area (Å²) >= 11 is 0. The van der Waals surface area contributed by atoms with Crippen LogP contribution in [0.4, 0.5) is 0 Å². The number of benzene rings is 3. The van der Waals surface area contributed by atoms with Crippen molar-refractivity contribution in [2.45, 2.75) is 30.4 Å². The van der Waals surface area contributed by atoms with Crippen LogP contribution in [-0.4, -0.2) is 36.9 Å². The summed E-state index contributed by atoms with van der Waals surface area (Å²) in [5.41, 5.74) is 3.01. The smallest absolute Gasteiger partial charge is 0.545 e. The summed E-state index contributed by atoms with van der Waals surface area (Å²) in [5.74, 6) is -1.22. The number of rotatable bonds is 12. The maximum Gasteiger partial charge on any atom is 1.00 e. The number of nitrogens with one attached hydrogen (secondary N) is 1. The van der Waals surface area contributed by atoms with Gasteiger partial charge in [-0.15, -0.1) is 0 Å². The van der Waals surface area contributed by atoms with Gasteiger partial charge in [0.2, 0.25) is 10.0 Å². The number of sulfonamides is 1. The molecular weight excluding hydrogens is 509 g/mol. The first-order valence-electron chi connectivity index (χ1n) is 11.9. The van der Waals surface area contributed by atoms with Crippen LogP contribution in [0.1, 0.15) is 27.0 Å². The van der Waals surface area contributed by atoms with E-state index in [1.165, 1.54) is 12.1 Å². The van der Waals surface area contributed by atoms with Crippen molar-refractivity contribution in [1.29, 1.82) is 0 Å². The van der Waals surface area contributed by atoms with Crippen LogP contribution in [0.5, 0.6) is 0 Å². The van der Waals surface area contributed by atoms with E-state index in [4.69, 9.17) is 0 Å². The zero-order chi connectivity index (χ0) is 26.1. The molecule has 0 aliphatic heterocycles. The largest absolute Gasteiger partial charge is 1.00 e. The van der Waals surface area contributed by atoms with Crippen molar-refractivity contribution in [2.75, 3.05) is 6.54 Å². The molecule has 0 saturated heterocycles. The monoisotopic (exact) mass is 537 g/mol. The Kier molecular flexibility index (Phi) is 11.2. The number of carbonyl (C=O) groups is 1. The Hall–Kier alpha value is -2.85. The topological polar surface area (TPSA) is 102 Å². The number of hydrogen-bond donors (Lipinski definition) is 1. The standard InChI is InChI=1S/C29H29N3O4S.Na/c33-29(34)26-15-13-24(14-16-26)20-32(21-25-10-7-17-30-19-25)22-27(18-23-8-3-1-4-9-23)31-37(35,36)28-11-5-2-6-12-28;/h1-17,19,27,31H,18,20-22H2,(H,33,34);/q;+1/p-1. The van der Waals surface area contributed by atoms with Crippen LogP contribution in [0, 0.1) is 0 Å². The van der Waals surface area contributed by atoms with E-state index in [1.807, 2.05) is 42.5 Å². The second-order valence-corrected chi connectivity index (χ2v) is 10.6. The van der Waals surface area contributed by atoms with Crippen molar-refractivity contribution in [1.82, 2.24) is 14.6 Å². The van der Waals surface area contributed by atoms with Crippen LogP contribution in [0.3, 0.4) is 0 Å². The van der Waals surface area contributed by atoms with E-state index < -0.39 is 22.0 Å². The Labute approximate surface area is 245 Å². The fourth-order valence-corrected chi connectivity index (χ4v) is 5.43. The van der Waals surface area contributed by atoms with Crippen molar-refractivity contribution in [3.63, 3.8) is 0 Å². The summed E-state index contributed by atoms with van der Waals surface area (Å²) in [5, 5.41) is 11.2. The van der Waals surface area contributed by atoms with Crippen molar-refractivity contribution in [3.8, 4) is 0 Å². The van der Waals surface area contributed by atoms with Gasteiger partial charge in [-0.3, -0.25) is 9.88 Å². The summed E-state index contributed by atoms with van der Waals surface area (Å²) in [6, 6.07) is 28.0. The number of hydrogen-bond acceptors (Lipinski definition) is 6. The number of pyridine rings is 1. The number of carboxylic acid groups (broad SMARTS) is 1. The third kappa shape index (κ3) is 8.87. The van der Waals surface area contributed by atoms with Crippen LogP contribution >= 0.6 is 0 Å². The Morgan fingerprint density at radius 2 is 1.42 bits per heavy atom. The Morgan fingerprint density at radius 1 is 0.816 bits per heavy atom. The summed E-state index contributed by atoms with van der Waals surface area (Å²) < 4.78 is 29.4. The SMILES string of the molecule is O=C([O-])c1ccc(CN(Cc2cccnc2)CC(Cc2ccccc2)NS(=O)(=O)c2ccccc2)cc1.[Na+]. The third-order valence-electron chi connectivity index (χ3n) is 5.90. The van der Waals surface area contributed by atoms with Crippen LogP contribution < -0.4 is 39.4 Å². The predicted molar refractivity (Wildman–Crippen MR) is 140 cm³/mol. The first-order valence-corrected chi connectivity index (χ1v) is 13.4. The Balaban J connectivity index is 0.00000400. The third-order valence-corrected chi connectivity index (χ3v) is 7.44. The second-order valence-electron chi connectivity index (χ2n) is 8.84. The maximum atomic E-state index is 13.2. The molecule has 190 valence electrons. The van der Waals surface area contributed by atoms with Gasteiger partial charge in [-0.25, -0.2) is 13.1 Å². The van der Waals surface area contributed by atoms with Crippen LogP contribution in [0.25, 0.3) is 0 Å². The summed E-state index contributed by atoms with van der Waals surface area (Å²) in [6.07, 6.45) is 3.99. The van der Waals surface area contributed by atoms with Gasteiger partial charge >= 0.3 is 29.6 Å². The molecule has 0 spiro atoms. The van der Waals surface area contributed by atoms with Crippen molar-refractivity contribution in [2.24, 2.45) is 0 Å². The molecule has 7 nitrogen and oxygen atoms in total. The fourth-order valence-electron chi connectivity index (χ4n) is 4.18. The molecule has 1 heterocycles. The van der Waals surface area contributed by atoms with Crippen molar-refractivity contribution >= 4 is 16.0 Å². The molecule has 0 fully saturated rings. The Morgan fingerprint density at radius 3 is 2.03 bits per heavy atom. The molecule has 3 aromatic carbocycles. The van der Waals surface area contributed by atoms with Crippen LogP contribution in [0.2, 0.25) is 0 Å². The summed E-state index contributed by atoms with van der Waals surface area (Å²) in [4.78, 5) is 17.7. The van der Waals surface area contributed by atoms with Gasteiger partial charge in [0, 0.05) is 38.1 Å². The van der Waals surface area contributed by atoms with E-state index in [2.05, 4.69) is 14.6 Å². The average Bonchev–Trinajstić information content (AvgIpc) is 2.90. The Bertz CT molecular complexity index is 1390. The van der Waals surface area contributed by atoms with E-state index in [-0.39, 0.29) is 40.0 Å². The average molecular weight is 538 g/mol. The molecule has 4 rings (SSSR count). The van der Waals surface area contributed by atoms with Crippen molar-refractivity contribution in [3.05, 3.63) is 132 Å². The predicted octanol–water partition coefficient (Wildman–Crippen LogP) is 0.0411. The van der Waals surface area contributed by atoms with E-state index in [9.17, 15) is 18.3 Å². The first-order chi connectivity index (χ1) is 17.9. The number of aromatic nitrogens is 1. The van der Waals surface area contributed by atoms with Crippen molar-refractivity contribution < 1.29 is 47.9 Å². The molecule has 1 unspecified atom stereocenters. The maximum absolute atomic E-state index is 13.2. The number of nitrogens with zero attached hydrogens (tertiary/aromatic N) is 2. The molecule has 1 N–H and O–H groups in total. The van der Waals surface area contributed by atoms with Crippen LogP contribution in [0.15, 0.2) is 114 Å². The molecule has 4 aromatic rings. The van der Waals surface area contributed by atoms with Gasteiger partial charge in [-0.1, -0.05) is 78.9 Å². The van der Waals surface area contributed by atoms with Crippen LogP contribution in [-0.2, 0) is 29.5 Å². The molecule has 1 aromatic heterocycles.